The van der Waals surface area contributed by atoms with Crippen molar-refractivity contribution in [1.82, 2.24) is 10.6 Å². The van der Waals surface area contributed by atoms with Gasteiger partial charge < -0.3 is 11.1 Å². The SMILES string of the molecule is Nc1ccc(C(=O)NC(=O)NCC2CCCCC2)cc1. The van der Waals surface area contributed by atoms with Gasteiger partial charge in [-0.15, -0.1) is 0 Å². The minimum Gasteiger partial charge on any atom is -0.399 e. The van der Waals surface area contributed by atoms with Gasteiger partial charge in [0.25, 0.3) is 5.91 Å². The molecule has 20 heavy (non-hydrogen) atoms. The molecule has 1 aliphatic carbocycles. The molecule has 3 amide bonds. The first kappa shape index (κ1) is 14.4. The van der Waals surface area contributed by atoms with Gasteiger partial charge in [0.05, 0.1) is 0 Å². The number of hydrogen-bond acceptors (Lipinski definition) is 3. The Bertz CT molecular complexity index is 465. The van der Waals surface area contributed by atoms with Crippen molar-refractivity contribution in [3.05, 3.63) is 29.8 Å². The molecule has 0 radical (unpaired) electrons. The van der Waals surface area contributed by atoms with Crippen LogP contribution in [0.4, 0.5) is 10.5 Å². The van der Waals surface area contributed by atoms with Crippen LogP contribution < -0.4 is 16.4 Å². The molecule has 5 heteroatoms. The van der Waals surface area contributed by atoms with E-state index in [-0.39, 0.29) is 0 Å². The molecule has 4 N–H and O–H groups in total. The van der Waals surface area contributed by atoms with Crippen LogP contribution in [0.15, 0.2) is 24.3 Å². The molecule has 108 valence electrons. The van der Waals surface area contributed by atoms with Gasteiger partial charge >= 0.3 is 6.03 Å². The highest BCUT2D eigenvalue weighted by Crippen LogP contribution is 2.22. The zero-order chi connectivity index (χ0) is 14.4. The van der Waals surface area contributed by atoms with Gasteiger partial charge in [0.15, 0.2) is 0 Å². The lowest BCUT2D eigenvalue weighted by molar-refractivity contribution is 0.0963. The third kappa shape index (κ3) is 4.26. The molecular formula is C15H21N3O2. The van der Waals surface area contributed by atoms with Crippen molar-refractivity contribution < 1.29 is 9.59 Å². The molecule has 0 heterocycles. The predicted molar refractivity (Wildman–Crippen MR) is 78.3 cm³/mol. The van der Waals surface area contributed by atoms with E-state index in [1.54, 1.807) is 24.3 Å². The first-order chi connectivity index (χ1) is 9.65. The number of carbonyl (C=O) groups is 2. The van der Waals surface area contributed by atoms with Crippen molar-refractivity contribution in [2.24, 2.45) is 5.92 Å². The van der Waals surface area contributed by atoms with Crippen molar-refractivity contribution in [2.45, 2.75) is 32.1 Å². The van der Waals surface area contributed by atoms with Crippen molar-refractivity contribution in [3.63, 3.8) is 0 Å². The summed E-state index contributed by atoms with van der Waals surface area (Å²) in [5, 5.41) is 5.09. The Labute approximate surface area is 118 Å². The van der Waals surface area contributed by atoms with Gasteiger partial charge in [0.1, 0.15) is 0 Å². The Hall–Kier alpha value is -2.04. The molecule has 0 unspecified atom stereocenters. The predicted octanol–water partition coefficient (Wildman–Crippen LogP) is 2.29. The molecule has 0 saturated heterocycles. The summed E-state index contributed by atoms with van der Waals surface area (Å²) in [6.07, 6.45) is 6.08. The van der Waals surface area contributed by atoms with E-state index in [0.717, 1.165) is 12.8 Å². The zero-order valence-corrected chi connectivity index (χ0v) is 11.5. The van der Waals surface area contributed by atoms with Gasteiger partial charge in [-0.2, -0.15) is 0 Å². The largest absolute Gasteiger partial charge is 0.399 e. The van der Waals surface area contributed by atoms with Gasteiger partial charge in [-0.05, 0) is 43.0 Å². The maximum Gasteiger partial charge on any atom is 0.321 e. The number of nitrogens with two attached hydrogens (primary N) is 1. The first-order valence-corrected chi connectivity index (χ1v) is 7.10. The van der Waals surface area contributed by atoms with Crippen LogP contribution in [0, 0.1) is 5.92 Å². The summed E-state index contributed by atoms with van der Waals surface area (Å²) >= 11 is 0. The highest BCUT2D eigenvalue weighted by Gasteiger charge is 2.15. The van der Waals surface area contributed by atoms with Crippen molar-refractivity contribution in [3.8, 4) is 0 Å². The van der Waals surface area contributed by atoms with E-state index >= 15 is 0 Å². The Morgan fingerprint density at radius 3 is 2.40 bits per heavy atom. The fourth-order valence-electron chi connectivity index (χ4n) is 2.48. The lowest BCUT2D eigenvalue weighted by Gasteiger charge is -2.21. The number of amides is 3. The number of imide groups is 1. The summed E-state index contributed by atoms with van der Waals surface area (Å²) in [5.74, 6) is 0.132. The van der Waals surface area contributed by atoms with E-state index in [2.05, 4.69) is 10.6 Å². The third-order valence-electron chi connectivity index (χ3n) is 3.68. The normalized spacial score (nSPS) is 15.6. The molecule has 1 aromatic carbocycles. The van der Waals surface area contributed by atoms with Gasteiger partial charge in [0, 0.05) is 17.8 Å². The first-order valence-electron chi connectivity index (χ1n) is 7.10. The average molecular weight is 275 g/mol. The monoisotopic (exact) mass is 275 g/mol. The molecule has 0 aliphatic heterocycles. The summed E-state index contributed by atoms with van der Waals surface area (Å²) in [4.78, 5) is 23.5. The van der Waals surface area contributed by atoms with Gasteiger partial charge in [-0.3, -0.25) is 10.1 Å². The molecular weight excluding hydrogens is 254 g/mol. The summed E-state index contributed by atoms with van der Waals surface area (Å²) in [7, 11) is 0. The highest BCUT2D eigenvalue weighted by molar-refractivity contribution is 6.04. The molecule has 0 aromatic heterocycles. The van der Waals surface area contributed by atoms with E-state index < -0.39 is 11.9 Å². The molecule has 0 atom stereocenters. The molecule has 1 aromatic rings. The second-order valence-electron chi connectivity index (χ2n) is 5.29. The lowest BCUT2D eigenvalue weighted by atomic mass is 9.89. The van der Waals surface area contributed by atoms with Crippen LogP contribution in [0.5, 0.6) is 0 Å². The smallest absolute Gasteiger partial charge is 0.321 e. The Morgan fingerprint density at radius 2 is 1.75 bits per heavy atom. The molecule has 5 nitrogen and oxygen atoms in total. The minimum atomic E-state index is -0.433. The maximum atomic E-state index is 11.8. The fraction of sp³-hybridized carbons (Fsp3) is 0.467. The molecule has 1 saturated carbocycles. The standard InChI is InChI=1S/C15H21N3O2/c16-13-8-6-12(7-9-13)14(19)18-15(20)17-10-11-4-2-1-3-5-11/h6-9,11H,1-5,10,16H2,(H2,17,18,19,20). The zero-order valence-electron chi connectivity index (χ0n) is 11.5. The van der Waals surface area contributed by atoms with E-state index in [1.165, 1.54) is 19.3 Å². The van der Waals surface area contributed by atoms with Crippen LogP contribution in [0.2, 0.25) is 0 Å². The number of rotatable bonds is 3. The third-order valence-corrected chi connectivity index (χ3v) is 3.68. The number of anilines is 1. The molecule has 0 bridgehead atoms. The maximum absolute atomic E-state index is 11.8. The van der Waals surface area contributed by atoms with Crippen LogP contribution in [-0.4, -0.2) is 18.5 Å². The quantitative estimate of drug-likeness (QED) is 0.740. The summed E-state index contributed by atoms with van der Waals surface area (Å²) < 4.78 is 0. The molecule has 1 fully saturated rings. The van der Waals surface area contributed by atoms with Crippen LogP contribution in [0.1, 0.15) is 42.5 Å². The van der Waals surface area contributed by atoms with Gasteiger partial charge in [0.2, 0.25) is 0 Å². The van der Waals surface area contributed by atoms with E-state index in [1.807, 2.05) is 0 Å². The van der Waals surface area contributed by atoms with Crippen LogP contribution in [0.25, 0.3) is 0 Å². The van der Waals surface area contributed by atoms with Crippen LogP contribution in [0.3, 0.4) is 0 Å². The Balaban J connectivity index is 1.76. The molecule has 2 rings (SSSR count). The molecule has 1 aliphatic rings. The lowest BCUT2D eigenvalue weighted by Crippen LogP contribution is -2.41. The van der Waals surface area contributed by atoms with E-state index in [4.69, 9.17) is 5.73 Å². The van der Waals surface area contributed by atoms with Crippen molar-refractivity contribution in [2.75, 3.05) is 12.3 Å². The number of hydrogen-bond donors (Lipinski definition) is 3. The second kappa shape index (κ2) is 6.93. The Morgan fingerprint density at radius 1 is 1.10 bits per heavy atom. The number of carbonyl (C=O) groups excluding carboxylic acids is 2. The van der Waals surface area contributed by atoms with Gasteiger partial charge in [-0.1, -0.05) is 19.3 Å². The Kier molecular flexibility index (Phi) is 4.98. The number of nitrogens with one attached hydrogen (secondary N) is 2. The van der Waals surface area contributed by atoms with Crippen molar-refractivity contribution >= 4 is 17.6 Å². The summed E-state index contributed by atoms with van der Waals surface area (Å²) in [5.41, 5.74) is 6.56. The van der Waals surface area contributed by atoms with Crippen LogP contribution >= 0.6 is 0 Å². The summed E-state index contributed by atoms with van der Waals surface area (Å²) in [6, 6.07) is 6.03. The van der Waals surface area contributed by atoms with Crippen molar-refractivity contribution in [1.29, 1.82) is 0 Å². The second-order valence-corrected chi connectivity index (χ2v) is 5.29. The fourth-order valence-corrected chi connectivity index (χ4v) is 2.48. The number of benzene rings is 1. The van der Waals surface area contributed by atoms with E-state index in [9.17, 15) is 9.59 Å². The number of nitrogen functional groups attached to an aromatic ring is 1. The molecule has 0 spiro atoms. The van der Waals surface area contributed by atoms with E-state index in [0.29, 0.717) is 23.7 Å². The van der Waals surface area contributed by atoms with Crippen LogP contribution in [-0.2, 0) is 0 Å². The topological polar surface area (TPSA) is 84.2 Å². The number of urea groups is 1. The summed E-state index contributed by atoms with van der Waals surface area (Å²) in [6.45, 7) is 0.640. The van der Waals surface area contributed by atoms with Gasteiger partial charge in [-0.25, -0.2) is 4.79 Å². The minimum absolute atomic E-state index is 0.411. The highest BCUT2D eigenvalue weighted by atomic mass is 16.2. The average Bonchev–Trinajstić information content (AvgIpc) is 2.47.